The summed E-state index contributed by atoms with van der Waals surface area (Å²) in [5, 5.41) is 0.398. The fourth-order valence-corrected chi connectivity index (χ4v) is 2.33. The van der Waals surface area contributed by atoms with E-state index in [1.807, 2.05) is 32.0 Å². The average Bonchev–Trinajstić information content (AvgIpc) is 2.44. The number of aromatic nitrogens is 2. The molecule has 0 atom stereocenters. The van der Waals surface area contributed by atoms with Crippen LogP contribution in [-0.4, -0.2) is 9.97 Å². The van der Waals surface area contributed by atoms with Gasteiger partial charge in [-0.05, 0) is 37.1 Å². The molecular weight excluding hydrogens is 294 g/mol. The molecule has 1 aromatic heterocycles. The minimum Gasteiger partial charge on any atom is -0.228 e. The van der Waals surface area contributed by atoms with Crippen LogP contribution in [0.15, 0.2) is 30.3 Å². The van der Waals surface area contributed by atoms with Crippen LogP contribution in [0, 0.1) is 25.5 Å². The van der Waals surface area contributed by atoms with Crippen molar-refractivity contribution in [1.82, 2.24) is 9.97 Å². The third-order valence-electron chi connectivity index (χ3n) is 3.46. The average molecular weight is 305 g/mol. The molecule has 2 nitrogen and oxygen atoms in total. The van der Waals surface area contributed by atoms with Gasteiger partial charge in [-0.25, -0.2) is 18.7 Å². The Morgan fingerprint density at radius 1 is 0.905 bits per heavy atom. The van der Waals surface area contributed by atoms with Gasteiger partial charge in [-0.15, -0.1) is 0 Å². The lowest BCUT2D eigenvalue weighted by Gasteiger charge is -2.07. The first kappa shape index (κ1) is 13.9. The lowest BCUT2D eigenvalue weighted by Crippen LogP contribution is -1.95. The van der Waals surface area contributed by atoms with Gasteiger partial charge in [-0.3, -0.25) is 0 Å². The molecule has 0 saturated heterocycles. The normalized spacial score (nSPS) is 11.1. The molecule has 106 valence electrons. The summed E-state index contributed by atoms with van der Waals surface area (Å²) in [7, 11) is 0. The zero-order valence-electron chi connectivity index (χ0n) is 11.4. The molecule has 0 aliphatic carbocycles. The molecule has 0 aliphatic heterocycles. The minimum atomic E-state index is -0.966. The zero-order valence-corrected chi connectivity index (χ0v) is 12.2. The van der Waals surface area contributed by atoms with Gasteiger partial charge in [0.25, 0.3) is 0 Å². The summed E-state index contributed by atoms with van der Waals surface area (Å²) in [5.74, 6) is -1.53. The third kappa shape index (κ3) is 2.47. The Bertz CT molecular complexity index is 863. The molecular formula is C16H11ClF2N2. The summed E-state index contributed by atoms with van der Waals surface area (Å²) in [4.78, 5) is 8.46. The monoisotopic (exact) mass is 304 g/mol. The standard InChI is InChI=1S/C16H11ClF2N2/c1-8-3-4-10(5-9(8)2)16-20-14-7-13(19)12(18)6-11(14)15(17)21-16/h3-7H,1-2H3. The summed E-state index contributed by atoms with van der Waals surface area (Å²) >= 11 is 6.07. The number of halogens is 3. The largest absolute Gasteiger partial charge is 0.228 e. The minimum absolute atomic E-state index is 0.104. The van der Waals surface area contributed by atoms with E-state index in [1.165, 1.54) is 0 Å². The molecule has 0 bridgehead atoms. The molecule has 0 fully saturated rings. The molecule has 3 aromatic rings. The van der Waals surface area contributed by atoms with Crippen molar-refractivity contribution < 1.29 is 8.78 Å². The van der Waals surface area contributed by atoms with Crippen molar-refractivity contribution in [1.29, 1.82) is 0 Å². The molecule has 0 unspecified atom stereocenters. The molecule has 0 saturated carbocycles. The van der Waals surface area contributed by atoms with E-state index >= 15 is 0 Å². The number of hydrogen-bond acceptors (Lipinski definition) is 2. The van der Waals surface area contributed by atoms with E-state index in [-0.39, 0.29) is 10.7 Å². The molecule has 5 heteroatoms. The lowest BCUT2D eigenvalue weighted by atomic mass is 10.1. The Labute approximate surface area is 125 Å². The van der Waals surface area contributed by atoms with Crippen molar-refractivity contribution in [3.05, 3.63) is 58.2 Å². The van der Waals surface area contributed by atoms with E-state index in [0.29, 0.717) is 11.2 Å². The van der Waals surface area contributed by atoms with Crippen LogP contribution in [0.4, 0.5) is 8.78 Å². The predicted octanol–water partition coefficient (Wildman–Crippen LogP) is 4.85. The number of fused-ring (bicyclic) bond motifs is 1. The predicted molar refractivity (Wildman–Crippen MR) is 79.4 cm³/mol. The summed E-state index contributed by atoms with van der Waals surface area (Å²) < 4.78 is 26.6. The second-order valence-electron chi connectivity index (χ2n) is 4.92. The Morgan fingerprint density at radius 3 is 2.33 bits per heavy atom. The molecule has 0 radical (unpaired) electrons. The number of rotatable bonds is 1. The van der Waals surface area contributed by atoms with Crippen LogP contribution >= 0.6 is 11.6 Å². The lowest BCUT2D eigenvalue weighted by molar-refractivity contribution is 0.510. The molecule has 3 rings (SSSR count). The Balaban J connectivity index is 2.24. The van der Waals surface area contributed by atoms with Crippen LogP contribution in [0.2, 0.25) is 5.15 Å². The van der Waals surface area contributed by atoms with Gasteiger partial charge in [0, 0.05) is 17.0 Å². The first-order valence-corrected chi connectivity index (χ1v) is 6.73. The van der Waals surface area contributed by atoms with E-state index in [9.17, 15) is 8.78 Å². The summed E-state index contributed by atoms with van der Waals surface area (Å²) in [5.41, 5.74) is 3.31. The van der Waals surface area contributed by atoms with Crippen LogP contribution in [0.3, 0.4) is 0 Å². The highest BCUT2D eigenvalue weighted by molar-refractivity contribution is 6.34. The summed E-state index contributed by atoms with van der Waals surface area (Å²) in [6, 6.07) is 7.81. The van der Waals surface area contributed by atoms with E-state index in [4.69, 9.17) is 11.6 Å². The van der Waals surface area contributed by atoms with E-state index in [1.54, 1.807) is 0 Å². The van der Waals surface area contributed by atoms with E-state index in [2.05, 4.69) is 9.97 Å². The first-order chi connectivity index (χ1) is 9.95. The van der Waals surface area contributed by atoms with Gasteiger partial charge in [-0.1, -0.05) is 23.7 Å². The van der Waals surface area contributed by atoms with Gasteiger partial charge in [0.2, 0.25) is 0 Å². The van der Waals surface area contributed by atoms with Crippen molar-refractivity contribution >= 4 is 22.5 Å². The van der Waals surface area contributed by atoms with E-state index < -0.39 is 11.6 Å². The van der Waals surface area contributed by atoms with Crippen molar-refractivity contribution in [2.75, 3.05) is 0 Å². The SMILES string of the molecule is Cc1ccc(-c2nc(Cl)c3cc(F)c(F)cc3n2)cc1C. The Morgan fingerprint density at radius 2 is 1.62 bits per heavy atom. The third-order valence-corrected chi connectivity index (χ3v) is 3.74. The second-order valence-corrected chi connectivity index (χ2v) is 5.28. The van der Waals surface area contributed by atoms with Crippen LogP contribution < -0.4 is 0 Å². The van der Waals surface area contributed by atoms with Crippen molar-refractivity contribution in [3.63, 3.8) is 0 Å². The van der Waals surface area contributed by atoms with Crippen LogP contribution in [0.1, 0.15) is 11.1 Å². The molecule has 21 heavy (non-hydrogen) atoms. The van der Waals surface area contributed by atoms with Gasteiger partial charge in [0.1, 0.15) is 5.15 Å². The van der Waals surface area contributed by atoms with Crippen LogP contribution in [0.25, 0.3) is 22.3 Å². The van der Waals surface area contributed by atoms with Gasteiger partial charge in [0.05, 0.1) is 5.52 Å². The Hall–Kier alpha value is -2.07. The topological polar surface area (TPSA) is 25.8 Å². The maximum Gasteiger partial charge on any atom is 0.161 e. The number of aryl methyl sites for hydroxylation is 2. The number of hydrogen-bond donors (Lipinski definition) is 0. The Kier molecular flexibility index (Phi) is 3.33. The van der Waals surface area contributed by atoms with Gasteiger partial charge < -0.3 is 0 Å². The highest BCUT2D eigenvalue weighted by Crippen LogP contribution is 2.27. The first-order valence-electron chi connectivity index (χ1n) is 6.35. The molecule has 2 aromatic carbocycles. The highest BCUT2D eigenvalue weighted by atomic mass is 35.5. The fraction of sp³-hybridized carbons (Fsp3) is 0.125. The van der Waals surface area contributed by atoms with Crippen molar-refractivity contribution in [2.24, 2.45) is 0 Å². The molecule has 0 N–H and O–H groups in total. The van der Waals surface area contributed by atoms with Crippen molar-refractivity contribution in [3.8, 4) is 11.4 Å². The van der Waals surface area contributed by atoms with E-state index in [0.717, 1.165) is 28.8 Å². The van der Waals surface area contributed by atoms with Gasteiger partial charge in [-0.2, -0.15) is 0 Å². The van der Waals surface area contributed by atoms with Crippen molar-refractivity contribution in [2.45, 2.75) is 13.8 Å². The maximum atomic E-state index is 13.4. The number of benzene rings is 2. The van der Waals surface area contributed by atoms with Crippen LogP contribution in [-0.2, 0) is 0 Å². The molecule has 0 spiro atoms. The van der Waals surface area contributed by atoms with Gasteiger partial charge in [0.15, 0.2) is 17.5 Å². The highest BCUT2D eigenvalue weighted by Gasteiger charge is 2.12. The summed E-state index contributed by atoms with van der Waals surface area (Å²) in [6.45, 7) is 3.99. The number of nitrogens with zero attached hydrogens (tertiary/aromatic N) is 2. The second kappa shape index (κ2) is 5.04. The molecule has 1 heterocycles. The zero-order chi connectivity index (χ0) is 15.1. The quantitative estimate of drug-likeness (QED) is 0.601. The fourth-order valence-electron chi connectivity index (χ4n) is 2.10. The molecule has 0 amide bonds. The molecule has 0 aliphatic rings. The van der Waals surface area contributed by atoms with Gasteiger partial charge >= 0.3 is 0 Å². The maximum absolute atomic E-state index is 13.4. The summed E-state index contributed by atoms with van der Waals surface area (Å²) in [6.07, 6.45) is 0. The smallest absolute Gasteiger partial charge is 0.161 e. The van der Waals surface area contributed by atoms with Crippen LogP contribution in [0.5, 0.6) is 0 Å².